The first-order valence-corrected chi connectivity index (χ1v) is 7.12. The van der Waals surface area contributed by atoms with Gasteiger partial charge in [0, 0.05) is 17.3 Å². The second kappa shape index (κ2) is 5.97. The van der Waals surface area contributed by atoms with Crippen molar-refractivity contribution in [3.63, 3.8) is 0 Å². The van der Waals surface area contributed by atoms with Gasteiger partial charge >= 0.3 is 5.97 Å². The minimum atomic E-state index is -0.782. The molecule has 0 spiro atoms. The van der Waals surface area contributed by atoms with Crippen LogP contribution in [0.3, 0.4) is 0 Å². The van der Waals surface area contributed by atoms with Crippen LogP contribution in [0, 0.1) is 5.92 Å². The molecule has 2 N–H and O–H groups in total. The van der Waals surface area contributed by atoms with Crippen molar-refractivity contribution >= 4 is 11.9 Å². The Labute approximate surface area is 127 Å². The molecule has 3 rings (SSSR count). The van der Waals surface area contributed by atoms with Crippen LogP contribution in [0.15, 0.2) is 36.9 Å². The molecule has 7 nitrogen and oxygen atoms in total. The first-order chi connectivity index (χ1) is 10.6. The van der Waals surface area contributed by atoms with Crippen LogP contribution in [0.25, 0.3) is 5.69 Å². The first-order valence-electron chi connectivity index (χ1n) is 7.12. The van der Waals surface area contributed by atoms with Crippen LogP contribution in [-0.2, 0) is 4.79 Å². The van der Waals surface area contributed by atoms with E-state index < -0.39 is 5.97 Å². The molecule has 2 atom stereocenters. The van der Waals surface area contributed by atoms with E-state index in [1.807, 2.05) is 12.1 Å². The van der Waals surface area contributed by atoms with Crippen molar-refractivity contribution in [2.24, 2.45) is 5.92 Å². The van der Waals surface area contributed by atoms with Crippen LogP contribution < -0.4 is 5.32 Å². The van der Waals surface area contributed by atoms with Crippen molar-refractivity contribution in [1.82, 2.24) is 20.1 Å². The average molecular weight is 300 g/mol. The van der Waals surface area contributed by atoms with Crippen molar-refractivity contribution in [2.45, 2.75) is 25.3 Å². The fraction of sp³-hybridized carbons (Fsp3) is 0.333. The first kappa shape index (κ1) is 14.2. The fourth-order valence-corrected chi connectivity index (χ4v) is 2.72. The Morgan fingerprint density at radius 1 is 1.14 bits per heavy atom. The van der Waals surface area contributed by atoms with E-state index >= 15 is 0 Å². The van der Waals surface area contributed by atoms with Crippen LogP contribution in [-0.4, -0.2) is 37.8 Å². The topological polar surface area (TPSA) is 97.1 Å². The molecule has 1 aromatic heterocycles. The van der Waals surface area contributed by atoms with Gasteiger partial charge in [0.15, 0.2) is 0 Å². The third-order valence-electron chi connectivity index (χ3n) is 3.96. The molecule has 0 aliphatic heterocycles. The zero-order chi connectivity index (χ0) is 15.5. The number of rotatable bonds is 4. The molecule has 114 valence electrons. The Hall–Kier alpha value is -2.70. The summed E-state index contributed by atoms with van der Waals surface area (Å²) in [5.41, 5.74) is 1.42. The van der Waals surface area contributed by atoms with Crippen molar-refractivity contribution in [2.75, 3.05) is 0 Å². The summed E-state index contributed by atoms with van der Waals surface area (Å²) in [5, 5.41) is 19.3. The SMILES string of the molecule is O=C(N[C@H]1CC[C@@H](C(=O)O)C1)c1ccc(-n2cnnc2)cc1. The Kier molecular flexibility index (Phi) is 3.86. The standard InChI is InChI=1S/C15H16N4O3/c20-14(18-12-4-1-11(7-12)15(21)22)10-2-5-13(6-3-10)19-8-16-17-9-19/h2-3,5-6,8-9,11-12H,1,4,7H2,(H,18,20)(H,21,22)/t11-,12+/m1/s1. The Balaban J connectivity index is 1.62. The summed E-state index contributed by atoms with van der Waals surface area (Å²) in [4.78, 5) is 23.1. The van der Waals surface area contributed by atoms with Crippen LogP contribution >= 0.6 is 0 Å². The summed E-state index contributed by atoms with van der Waals surface area (Å²) in [6.07, 6.45) is 4.99. The normalized spacial score (nSPS) is 20.7. The highest BCUT2D eigenvalue weighted by atomic mass is 16.4. The van der Waals surface area contributed by atoms with Gasteiger partial charge in [0.05, 0.1) is 5.92 Å². The van der Waals surface area contributed by atoms with E-state index in [-0.39, 0.29) is 17.9 Å². The van der Waals surface area contributed by atoms with Crippen LogP contribution in [0.4, 0.5) is 0 Å². The maximum absolute atomic E-state index is 12.2. The molecule has 1 aliphatic carbocycles. The molecule has 0 bridgehead atoms. The largest absolute Gasteiger partial charge is 0.481 e. The van der Waals surface area contributed by atoms with E-state index in [1.54, 1.807) is 29.4 Å². The lowest BCUT2D eigenvalue weighted by molar-refractivity contribution is -0.141. The number of nitrogens with zero attached hydrogens (tertiary/aromatic N) is 3. The molecule has 0 saturated heterocycles. The minimum Gasteiger partial charge on any atom is -0.481 e. The van der Waals surface area contributed by atoms with Gasteiger partial charge in [-0.25, -0.2) is 0 Å². The maximum Gasteiger partial charge on any atom is 0.306 e. The van der Waals surface area contributed by atoms with Crippen LogP contribution in [0.2, 0.25) is 0 Å². The highest BCUT2D eigenvalue weighted by molar-refractivity contribution is 5.94. The lowest BCUT2D eigenvalue weighted by Crippen LogP contribution is -2.33. The molecule has 1 aromatic carbocycles. The van der Waals surface area contributed by atoms with Gasteiger partial charge in [0.25, 0.3) is 5.91 Å². The molecule has 2 aromatic rings. The van der Waals surface area contributed by atoms with E-state index in [0.717, 1.165) is 5.69 Å². The number of benzene rings is 1. The lowest BCUT2D eigenvalue weighted by atomic mass is 10.1. The number of carboxylic acid groups (broad SMARTS) is 1. The summed E-state index contributed by atoms with van der Waals surface area (Å²) in [6, 6.07) is 7.02. The van der Waals surface area contributed by atoms with Gasteiger partial charge in [-0.3, -0.25) is 14.2 Å². The summed E-state index contributed by atoms with van der Waals surface area (Å²) in [5.74, 6) is -1.30. The Bertz CT molecular complexity index is 667. The smallest absolute Gasteiger partial charge is 0.306 e. The second-order valence-corrected chi connectivity index (χ2v) is 5.43. The Morgan fingerprint density at radius 3 is 2.41 bits per heavy atom. The quantitative estimate of drug-likeness (QED) is 0.885. The molecular formula is C15H16N4O3. The third-order valence-corrected chi connectivity index (χ3v) is 3.96. The predicted molar refractivity (Wildman–Crippen MR) is 77.6 cm³/mol. The molecule has 1 heterocycles. The van der Waals surface area contributed by atoms with Gasteiger partial charge in [-0.2, -0.15) is 0 Å². The van der Waals surface area contributed by atoms with Gasteiger partial charge in [-0.1, -0.05) is 0 Å². The zero-order valence-corrected chi connectivity index (χ0v) is 11.8. The molecular weight excluding hydrogens is 284 g/mol. The number of aromatic nitrogens is 3. The van der Waals surface area contributed by atoms with E-state index in [2.05, 4.69) is 15.5 Å². The third kappa shape index (κ3) is 2.98. The van der Waals surface area contributed by atoms with Gasteiger partial charge in [-0.15, -0.1) is 10.2 Å². The molecule has 1 aliphatic rings. The van der Waals surface area contributed by atoms with E-state index in [4.69, 9.17) is 5.11 Å². The van der Waals surface area contributed by atoms with Crippen molar-refractivity contribution < 1.29 is 14.7 Å². The van der Waals surface area contributed by atoms with Crippen LogP contribution in [0.5, 0.6) is 0 Å². The van der Waals surface area contributed by atoms with E-state index in [1.165, 1.54) is 0 Å². The number of amides is 1. The number of hydrogen-bond donors (Lipinski definition) is 2. The highest BCUT2D eigenvalue weighted by Crippen LogP contribution is 2.25. The monoisotopic (exact) mass is 300 g/mol. The number of aliphatic carboxylic acids is 1. The molecule has 22 heavy (non-hydrogen) atoms. The summed E-state index contributed by atoms with van der Waals surface area (Å²) < 4.78 is 1.75. The predicted octanol–water partition coefficient (Wildman–Crippen LogP) is 1.25. The summed E-state index contributed by atoms with van der Waals surface area (Å²) in [6.45, 7) is 0. The number of nitrogens with one attached hydrogen (secondary N) is 1. The number of carboxylic acids is 1. The van der Waals surface area contributed by atoms with E-state index in [0.29, 0.717) is 24.8 Å². The van der Waals surface area contributed by atoms with Crippen molar-refractivity contribution in [1.29, 1.82) is 0 Å². The molecule has 1 fully saturated rings. The molecule has 1 amide bonds. The van der Waals surface area contributed by atoms with Gasteiger partial charge in [0.2, 0.25) is 0 Å². The molecule has 0 unspecified atom stereocenters. The lowest BCUT2D eigenvalue weighted by Gasteiger charge is -2.12. The average Bonchev–Trinajstić information content (AvgIpc) is 3.19. The van der Waals surface area contributed by atoms with Crippen molar-refractivity contribution in [3.8, 4) is 5.69 Å². The van der Waals surface area contributed by atoms with E-state index in [9.17, 15) is 9.59 Å². The van der Waals surface area contributed by atoms with Gasteiger partial charge < -0.3 is 10.4 Å². The van der Waals surface area contributed by atoms with Gasteiger partial charge in [-0.05, 0) is 43.5 Å². The molecule has 7 heteroatoms. The number of carbonyl (C=O) groups is 2. The highest BCUT2D eigenvalue weighted by Gasteiger charge is 2.30. The minimum absolute atomic E-state index is 0.0638. The number of carbonyl (C=O) groups excluding carboxylic acids is 1. The maximum atomic E-state index is 12.2. The Morgan fingerprint density at radius 2 is 1.82 bits per heavy atom. The summed E-state index contributed by atoms with van der Waals surface area (Å²) in [7, 11) is 0. The van der Waals surface area contributed by atoms with Gasteiger partial charge in [0.1, 0.15) is 12.7 Å². The number of hydrogen-bond acceptors (Lipinski definition) is 4. The zero-order valence-electron chi connectivity index (χ0n) is 11.8. The van der Waals surface area contributed by atoms with Crippen LogP contribution in [0.1, 0.15) is 29.6 Å². The molecule has 1 saturated carbocycles. The summed E-state index contributed by atoms with van der Waals surface area (Å²) >= 11 is 0. The fourth-order valence-electron chi connectivity index (χ4n) is 2.72. The second-order valence-electron chi connectivity index (χ2n) is 5.43. The van der Waals surface area contributed by atoms with Crippen molar-refractivity contribution in [3.05, 3.63) is 42.5 Å². The molecule has 0 radical (unpaired) electrons.